The predicted molar refractivity (Wildman–Crippen MR) is 63.2 cm³/mol. The average molecular weight is 260 g/mol. The number of benzene rings is 1. The van der Waals surface area contributed by atoms with Gasteiger partial charge in [0, 0.05) is 9.37 Å². The molecule has 3 heteroatoms. The van der Waals surface area contributed by atoms with Crippen molar-refractivity contribution in [1.82, 2.24) is 0 Å². The van der Waals surface area contributed by atoms with Gasteiger partial charge in [-0.25, -0.2) is 0 Å². The van der Waals surface area contributed by atoms with Crippen LogP contribution in [0.1, 0.15) is 12.8 Å². The molecule has 1 aromatic rings. The van der Waals surface area contributed by atoms with Crippen molar-refractivity contribution in [2.45, 2.75) is 17.7 Å². The summed E-state index contributed by atoms with van der Waals surface area (Å²) in [6, 6.07) is 8.39. The van der Waals surface area contributed by atoms with Crippen LogP contribution in [0.15, 0.2) is 33.6 Å². The SMILES string of the molecule is NCCCCSc1cccc(Br)c1. The van der Waals surface area contributed by atoms with E-state index in [0.717, 1.165) is 23.2 Å². The first-order valence-corrected chi connectivity index (χ1v) is 6.19. The predicted octanol–water partition coefficient (Wildman–Crippen LogP) is 3.28. The minimum absolute atomic E-state index is 0.805. The lowest BCUT2D eigenvalue weighted by atomic mass is 10.3. The van der Waals surface area contributed by atoms with Crippen LogP contribution in [0, 0.1) is 0 Å². The van der Waals surface area contributed by atoms with Crippen molar-refractivity contribution in [3.05, 3.63) is 28.7 Å². The van der Waals surface area contributed by atoms with Crippen molar-refractivity contribution in [1.29, 1.82) is 0 Å². The van der Waals surface area contributed by atoms with Crippen LogP contribution in [-0.4, -0.2) is 12.3 Å². The molecule has 0 aromatic heterocycles. The molecule has 1 nitrogen and oxygen atoms in total. The maximum Gasteiger partial charge on any atom is 0.0186 e. The van der Waals surface area contributed by atoms with Gasteiger partial charge in [0.1, 0.15) is 0 Å². The fraction of sp³-hybridized carbons (Fsp3) is 0.400. The Balaban J connectivity index is 2.28. The van der Waals surface area contributed by atoms with E-state index >= 15 is 0 Å². The summed E-state index contributed by atoms with van der Waals surface area (Å²) in [6.07, 6.45) is 2.33. The van der Waals surface area contributed by atoms with Crippen molar-refractivity contribution >= 4 is 27.7 Å². The van der Waals surface area contributed by atoms with Gasteiger partial charge in [-0.05, 0) is 43.3 Å². The van der Waals surface area contributed by atoms with Crippen LogP contribution in [0.3, 0.4) is 0 Å². The van der Waals surface area contributed by atoms with Crippen molar-refractivity contribution in [2.75, 3.05) is 12.3 Å². The van der Waals surface area contributed by atoms with Gasteiger partial charge in [0.25, 0.3) is 0 Å². The molecule has 0 atom stereocenters. The molecule has 13 heavy (non-hydrogen) atoms. The zero-order chi connectivity index (χ0) is 9.52. The second kappa shape index (κ2) is 6.46. The summed E-state index contributed by atoms with van der Waals surface area (Å²) in [6.45, 7) is 0.805. The molecule has 0 aliphatic carbocycles. The lowest BCUT2D eigenvalue weighted by Crippen LogP contribution is -1.98. The first kappa shape index (κ1) is 11.1. The van der Waals surface area contributed by atoms with Crippen LogP contribution in [0.2, 0.25) is 0 Å². The molecule has 0 saturated carbocycles. The Kier molecular flexibility index (Phi) is 5.51. The van der Waals surface area contributed by atoms with E-state index in [9.17, 15) is 0 Å². The van der Waals surface area contributed by atoms with Crippen LogP contribution in [0.5, 0.6) is 0 Å². The van der Waals surface area contributed by atoms with E-state index < -0.39 is 0 Å². The van der Waals surface area contributed by atoms with Crippen LogP contribution in [-0.2, 0) is 0 Å². The zero-order valence-corrected chi connectivity index (χ0v) is 9.90. The molecule has 0 fully saturated rings. The number of hydrogen-bond acceptors (Lipinski definition) is 2. The maximum absolute atomic E-state index is 5.42. The van der Waals surface area contributed by atoms with Crippen molar-refractivity contribution in [3.8, 4) is 0 Å². The molecule has 2 N–H and O–H groups in total. The fourth-order valence-electron chi connectivity index (χ4n) is 0.993. The van der Waals surface area contributed by atoms with E-state index in [1.807, 2.05) is 17.8 Å². The Hall–Kier alpha value is 0.01000. The smallest absolute Gasteiger partial charge is 0.0186 e. The Bertz CT molecular complexity index is 252. The van der Waals surface area contributed by atoms with Gasteiger partial charge in [-0.15, -0.1) is 11.8 Å². The fourth-order valence-corrected chi connectivity index (χ4v) is 2.51. The van der Waals surface area contributed by atoms with Crippen molar-refractivity contribution in [2.24, 2.45) is 5.73 Å². The average Bonchev–Trinajstić information content (AvgIpc) is 2.13. The molecule has 0 heterocycles. The minimum atomic E-state index is 0.805. The van der Waals surface area contributed by atoms with Crippen LogP contribution >= 0.6 is 27.7 Å². The molecule has 1 rings (SSSR count). The van der Waals surface area contributed by atoms with E-state index in [1.54, 1.807) is 0 Å². The first-order chi connectivity index (χ1) is 6.33. The van der Waals surface area contributed by atoms with Crippen molar-refractivity contribution < 1.29 is 0 Å². The Morgan fingerprint density at radius 3 is 2.85 bits per heavy atom. The standard InChI is InChI=1S/C10H14BrNS/c11-9-4-3-5-10(8-9)13-7-2-1-6-12/h3-5,8H,1-2,6-7,12H2. The highest BCUT2D eigenvalue weighted by Gasteiger charge is 1.94. The van der Waals surface area contributed by atoms with Crippen molar-refractivity contribution in [3.63, 3.8) is 0 Å². The third-order valence-electron chi connectivity index (χ3n) is 1.66. The summed E-state index contributed by atoms with van der Waals surface area (Å²) in [7, 11) is 0. The van der Waals surface area contributed by atoms with E-state index in [2.05, 4.69) is 34.1 Å². The van der Waals surface area contributed by atoms with E-state index in [-0.39, 0.29) is 0 Å². The summed E-state index contributed by atoms with van der Waals surface area (Å²) in [5.74, 6) is 1.16. The van der Waals surface area contributed by atoms with Gasteiger partial charge < -0.3 is 5.73 Å². The zero-order valence-electron chi connectivity index (χ0n) is 7.50. The quantitative estimate of drug-likeness (QED) is 0.649. The molecule has 0 aliphatic heterocycles. The maximum atomic E-state index is 5.42. The molecule has 0 radical (unpaired) electrons. The minimum Gasteiger partial charge on any atom is -0.330 e. The summed E-state index contributed by atoms with van der Waals surface area (Å²) in [5.41, 5.74) is 5.42. The molecule has 0 aliphatic rings. The van der Waals surface area contributed by atoms with Crippen LogP contribution < -0.4 is 5.73 Å². The van der Waals surface area contributed by atoms with Gasteiger partial charge in [-0.2, -0.15) is 0 Å². The first-order valence-electron chi connectivity index (χ1n) is 4.41. The molecule has 1 aromatic carbocycles. The van der Waals surface area contributed by atoms with Gasteiger partial charge in [0.05, 0.1) is 0 Å². The van der Waals surface area contributed by atoms with E-state index in [4.69, 9.17) is 5.73 Å². The third kappa shape index (κ3) is 4.69. The molecule has 0 amide bonds. The monoisotopic (exact) mass is 259 g/mol. The normalized spacial score (nSPS) is 10.3. The lowest BCUT2D eigenvalue weighted by molar-refractivity contribution is 0.814. The van der Waals surface area contributed by atoms with Gasteiger partial charge in [-0.1, -0.05) is 22.0 Å². The van der Waals surface area contributed by atoms with Gasteiger partial charge in [-0.3, -0.25) is 0 Å². The topological polar surface area (TPSA) is 26.0 Å². The van der Waals surface area contributed by atoms with Crippen LogP contribution in [0.4, 0.5) is 0 Å². The molecule has 72 valence electrons. The largest absolute Gasteiger partial charge is 0.330 e. The van der Waals surface area contributed by atoms with Gasteiger partial charge in [0.2, 0.25) is 0 Å². The Morgan fingerprint density at radius 2 is 2.15 bits per heavy atom. The summed E-state index contributed by atoms with van der Waals surface area (Å²) < 4.78 is 1.15. The number of halogens is 1. The molecule has 0 spiro atoms. The number of nitrogens with two attached hydrogens (primary N) is 1. The summed E-state index contributed by atoms with van der Waals surface area (Å²) in [4.78, 5) is 1.33. The molecular weight excluding hydrogens is 246 g/mol. The number of unbranched alkanes of at least 4 members (excludes halogenated alkanes) is 1. The Morgan fingerprint density at radius 1 is 1.31 bits per heavy atom. The highest BCUT2D eigenvalue weighted by atomic mass is 79.9. The van der Waals surface area contributed by atoms with Gasteiger partial charge in [0.15, 0.2) is 0 Å². The summed E-state index contributed by atoms with van der Waals surface area (Å²) in [5, 5.41) is 0. The highest BCUT2D eigenvalue weighted by Crippen LogP contribution is 2.22. The Labute approximate surface area is 92.2 Å². The number of rotatable bonds is 5. The molecule has 0 bridgehead atoms. The lowest BCUT2D eigenvalue weighted by Gasteiger charge is -2.00. The molecule has 0 saturated heterocycles. The molecular formula is C10H14BrNS. The van der Waals surface area contributed by atoms with E-state index in [0.29, 0.717) is 0 Å². The second-order valence-corrected chi connectivity index (χ2v) is 4.89. The van der Waals surface area contributed by atoms with Gasteiger partial charge >= 0.3 is 0 Å². The van der Waals surface area contributed by atoms with Crippen LogP contribution in [0.25, 0.3) is 0 Å². The molecule has 0 unspecified atom stereocenters. The summed E-state index contributed by atoms with van der Waals surface area (Å²) >= 11 is 5.34. The third-order valence-corrected chi connectivity index (χ3v) is 3.24. The second-order valence-electron chi connectivity index (χ2n) is 2.80. The highest BCUT2D eigenvalue weighted by molar-refractivity contribution is 9.10. The van der Waals surface area contributed by atoms with E-state index in [1.165, 1.54) is 11.3 Å². The number of thioether (sulfide) groups is 1. The number of hydrogen-bond donors (Lipinski definition) is 1.